The van der Waals surface area contributed by atoms with Gasteiger partial charge in [0.05, 0.1) is 0 Å². The first-order valence-electron chi connectivity index (χ1n) is 10.1. The summed E-state index contributed by atoms with van der Waals surface area (Å²) in [5.74, 6) is 1.58. The normalized spacial score (nSPS) is 17.1. The number of likely N-dealkylation sites (tertiary alicyclic amines) is 1. The zero-order valence-electron chi connectivity index (χ0n) is 17.7. The zero-order valence-corrected chi connectivity index (χ0v) is 20.0. The van der Waals surface area contributed by atoms with Gasteiger partial charge in [-0.3, -0.25) is 9.79 Å². The molecule has 0 bridgehead atoms. The summed E-state index contributed by atoms with van der Waals surface area (Å²) in [7, 11) is 3.56. The van der Waals surface area contributed by atoms with Gasteiger partial charge in [-0.15, -0.1) is 24.0 Å². The largest absolute Gasteiger partial charge is 0.357 e. The van der Waals surface area contributed by atoms with Gasteiger partial charge in [0.15, 0.2) is 5.96 Å². The van der Waals surface area contributed by atoms with Crippen LogP contribution in [-0.2, 0) is 6.42 Å². The van der Waals surface area contributed by atoms with E-state index >= 15 is 0 Å². The summed E-state index contributed by atoms with van der Waals surface area (Å²) in [6, 6.07) is 7.86. The molecule has 6 nitrogen and oxygen atoms in total. The number of guanidine groups is 1. The highest BCUT2D eigenvalue weighted by atomic mass is 127. The summed E-state index contributed by atoms with van der Waals surface area (Å²) in [6.45, 7) is 10.3. The molecule has 1 saturated heterocycles. The van der Waals surface area contributed by atoms with E-state index in [1.165, 1.54) is 13.0 Å². The fraction of sp³-hybridized carbons (Fsp3) is 0.619. The molecule has 158 valence electrons. The Morgan fingerprint density at radius 2 is 2.07 bits per heavy atom. The van der Waals surface area contributed by atoms with E-state index in [9.17, 15) is 4.79 Å². The molecule has 1 heterocycles. The van der Waals surface area contributed by atoms with Gasteiger partial charge >= 0.3 is 0 Å². The summed E-state index contributed by atoms with van der Waals surface area (Å²) in [6.07, 6.45) is 2.09. The Morgan fingerprint density at radius 1 is 1.29 bits per heavy atom. The number of nitrogens with one attached hydrogen (secondary N) is 2. The maximum Gasteiger partial charge on any atom is 0.253 e. The van der Waals surface area contributed by atoms with Crippen molar-refractivity contribution in [3.8, 4) is 0 Å². The van der Waals surface area contributed by atoms with Crippen LogP contribution in [0.5, 0.6) is 0 Å². The molecule has 28 heavy (non-hydrogen) atoms. The van der Waals surface area contributed by atoms with Gasteiger partial charge in [0.1, 0.15) is 0 Å². The lowest BCUT2D eigenvalue weighted by Gasteiger charge is -2.14. The topological polar surface area (TPSA) is 60.0 Å². The number of carbonyl (C=O) groups excluding carboxylic acids is 1. The molecule has 0 aromatic heterocycles. The highest BCUT2D eigenvalue weighted by Gasteiger charge is 2.20. The minimum Gasteiger partial charge on any atom is -0.357 e. The number of halogens is 1. The van der Waals surface area contributed by atoms with E-state index in [1.54, 1.807) is 19.0 Å². The summed E-state index contributed by atoms with van der Waals surface area (Å²) in [4.78, 5) is 21.0. The van der Waals surface area contributed by atoms with Gasteiger partial charge < -0.3 is 20.4 Å². The van der Waals surface area contributed by atoms with E-state index in [1.807, 2.05) is 18.2 Å². The molecule has 7 heteroatoms. The molecule has 1 unspecified atom stereocenters. The van der Waals surface area contributed by atoms with Crippen molar-refractivity contribution in [2.75, 3.05) is 53.4 Å². The van der Waals surface area contributed by atoms with E-state index in [0.717, 1.165) is 56.2 Å². The van der Waals surface area contributed by atoms with Gasteiger partial charge in [0.2, 0.25) is 0 Å². The Morgan fingerprint density at radius 3 is 2.71 bits per heavy atom. The van der Waals surface area contributed by atoms with E-state index in [-0.39, 0.29) is 29.9 Å². The van der Waals surface area contributed by atoms with Gasteiger partial charge in [-0.25, -0.2) is 0 Å². The summed E-state index contributed by atoms with van der Waals surface area (Å²) >= 11 is 0. The van der Waals surface area contributed by atoms with E-state index < -0.39 is 0 Å². The first-order valence-corrected chi connectivity index (χ1v) is 10.1. The van der Waals surface area contributed by atoms with Crippen LogP contribution in [0.1, 0.15) is 36.2 Å². The molecular formula is C21H36IN5O. The molecule has 1 fully saturated rings. The molecule has 1 aliphatic rings. The first kappa shape index (κ1) is 24.7. The maximum absolute atomic E-state index is 12.1. The van der Waals surface area contributed by atoms with Crippen LogP contribution >= 0.6 is 24.0 Å². The van der Waals surface area contributed by atoms with Crippen molar-refractivity contribution in [3.05, 3.63) is 35.4 Å². The number of hydrogen-bond donors (Lipinski definition) is 2. The Kier molecular flexibility index (Phi) is 11.4. The van der Waals surface area contributed by atoms with Gasteiger partial charge in [0.25, 0.3) is 5.91 Å². The highest BCUT2D eigenvalue weighted by molar-refractivity contribution is 14.0. The number of amides is 1. The lowest BCUT2D eigenvalue weighted by atomic mass is 10.1. The summed E-state index contributed by atoms with van der Waals surface area (Å²) in [5.41, 5.74) is 1.89. The van der Waals surface area contributed by atoms with Gasteiger partial charge in [0, 0.05) is 45.8 Å². The van der Waals surface area contributed by atoms with Crippen molar-refractivity contribution >= 4 is 35.8 Å². The predicted molar refractivity (Wildman–Crippen MR) is 128 cm³/mol. The minimum atomic E-state index is 0. The molecule has 1 amide bonds. The van der Waals surface area contributed by atoms with Gasteiger partial charge in [-0.2, -0.15) is 0 Å². The number of carbonyl (C=O) groups is 1. The summed E-state index contributed by atoms with van der Waals surface area (Å²) in [5, 5.41) is 6.75. The highest BCUT2D eigenvalue weighted by Crippen LogP contribution is 2.15. The van der Waals surface area contributed by atoms with Crippen LogP contribution in [-0.4, -0.2) is 75.0 Å². The Hall–Kier alpha value is -1.35. The number of benzene rings is 1. The third-order valence-electron chi connectivity index (χ3n) is 4.96. The molecule has 0 spiro atoms. The first-order chi connectivity index (χ1) is 13.0. The number of rotatable bonds is 8. The average molecular weight is 501 g/mol. The zero-order chi connectivity index (χ0) is 19.6. The number of aliphatic imine (C=N–C) groups is 1. The SMILES string of the molecule is CCNC(=NCC1CCN(CC)C1)NCCc1cccc(C(=O)N(C)C)c1.I. The molecular weight excluding hydrogens is 465 g/mol. The van der Waals surface area contributed by atoms with Crippen LogP contribution in [0.25, 0.3) is 0 Å². The third-order valence-corrected chi connectivity index (χ3v) is 4.96. The number of hydrogen-bond acceptors (Lipinski definition) is 3. The van der Waals surface area contributed by atoms with Crippen molar-refractivity contribution in [2.24, 2.45) is 10.9 Å². The maximum atomic E-state index is 12.1. The van der Waals surface area contributed by atoms with Crippen molar-refractivity contribution < 1.29 is 4.79 Å². The van der Waals surface area contributed by atoms with Crippen LogP contribution in [0.15, 0.2) is 29.3 Å². The van der Waals surface area contributed by atoms with Crippen LogP contribution in [0, 0.1) is 5.92 Å². The molecule has 1 aliphatic heterocycles. The molecule has 0 saturated carbocycles. The van der Waals surface area contributed by atoms with Crippen LogP contribution < -0.4 is 10.6 Å². The lowest BCUT2D eigenvalue weighted by molar-refractivity contribution is 0.0827. The Balaban J connectivity index is 0.00000392. The fourth-order valence-corrected chi connectivity index (χ4v) is 3.35. The molecule has 2 rings (SSSR count). The second-order valence-electron chi connectivity index (χ2n) is 7.34. The van der Waals surface area contributed by atoms with Crippen LogP contribution in [0.3, 0.4) is 0 Å². The van der Waals surface area contributed by atoms with Crippen LogP contribution in [0.2, 0.25) is 0 Å². The summed E-state index contributed by atoms with van der Waals surface area (Å²) < 4.78 is 0. The number of nitrogens with zero attached hydrogens (tertiary/aromatic N) is 3. The third kappa shape index (κ3) is 7.95. The van der Waals surface area contributed by atoms with Crippen molar-refractivity contribution in [2.45, 2.75) is 26.7 Å². The standard InChI is InChI=1S/C21H35N5O.HI/c1-5-22-21(24-15-18-11-13-26(6-2)16-18)23-12-10-17-8-7-9-19(14-17)20(27)25(3)4;/h7-9,14,18H,5-6,10-13,15-16H2,1-4H3,(H2,22,23,24);1H. The van der Waals surface area contributed by atoms with Crippen LogP contribution in [0.4, 0.5) is 0 Å². The van der Waals surface area contributed by atoms with E-state index in [0.29, 0.717) is 5.92 Å². The fourth-order valence-electron chi connectivity index (χ4n) is 3.35. The smallest absolute Gasteiger partial charge is 0.253 e. The Labute approximate surface area is 187 Å². The minimum absolute atomic E-state index is 0. The predicted octanol–water partition coefficient (Wildman–Crippen LogP) is 2.45. The van der Waals surface area contributed by atoms with Crippen molar-refractivity contribution in [1.29, 1.82) is 0 Å². The molecule has 1 aromatic rings. The monoisotopic (exact) mass is 501 g/mol. The average Bonchev–Trinajstić information content (AvgIpc) is 3.13. The van der Waals surface area contributed by atoms with Gasteiger partial charge in [-0.05, 0) is 56.5 Å². The molecule has 0 radical (unpaired) electrons. The molecule has 0 aliphatic carbocycles. The van der Waals surface area contributed by atoms with E-state index in [4.69, 9.17) is 4.99 Å². The molecule has 1 atom stereocenters. The lowest BCUT2D eigenvalue weighted by Crippen LogP contribution is -2.38. The van der Waals surface area contributed by atoms with Gasteiger partial charge in [-0.1, -0.05) is 19.1 Å². The second-order valence-corrected chi connectivity index (χ2v) is 7.34. The van der Waals surface area contributed by atoms with Crippen molar-refractivity contribution in [3.63, 3.8) is 0 Å². The van der Waals surface area contributed by atoms with Crippen molar-refractivity contribution in [1.82, 2.24) is 20.4 Å². The Bertz CT molecular complexity index is 635. The quantitative estimate of drug-likeness (QED) is 0.327. The van der Waals surface area contributed by atoms with E-state index in [2.05, 4.69) is 35.4 Å². The second kappa shape index (κ2) is 13.0. The molecule has 1 aromatic carbocycles. The molecule has 2 N–H and O–H groups in total.